The van der Waals surface area contributed by atoms with Gasteiger partial charge in [0.1, 0.15) is 5.76 Å². The molecule has 1 aliphatic heterocycles. The van der Waals surface area contributed by atoms with Gasteiger partial charge in [0.05, 0.1) is 12.6 Å². The maximum atomic E-state index is 5.94. The summed E-state index contributed by atoms with van der Waals surface area (Å²) >= 11 is 1.92. The molecule has 1 aromatic rings. The van der Waals surface area contributed by atoms with Gasteiger partial charge in [0, 0.05) is 10.8 Å². The van der Waals surface area contributed by atoms with Gasteiger partial charge in [-0.15, -0.1) is 11.3 Å². The zero-order chi connectivity index (χ0) is 13.1. The Morgan fingerprint density at radius 1 is 1.47 bits per heavy atom. The van der Waals surface area contributed by atoms with Gasteiger partial charge >= 0.3 is 0 Å². The lowest BCUT2D eigenvalue weighted by Gasteiger charge is -2.33. The molecule has 0 radical (unpaired) electrons. The molecule has 0 fully saturated rings. The van der Waals surface area contributed by atoms with Crippen LogP contribution in [-0.4, -0.2) is 19.2 Å². The number of likely N-dealkylation sites (N-methyl/N-ethyl adjacent to an activating group) is 1. The molecule has 0 aromatic carbocycles. The maximum absolute atomic E-state index is 5.94. The molecule has 19 heavy (non-hydrogen) atoms. The van der Waals surface area contributed by atoms with Crippen LogP contribution in [0.2, 0.25) is 0 Å². The number of thiophene rings is 1. The quantitative estimate of drug-likeness (QED) is 0.903. The summed E-state index contributed by atoms with van der Waals surface area (Å²) < 4.78 is 5.94. The van der Waals surface area contributed by atoms with Crippen molar-refractivity contribution >= 4 is 11.3 Å². The van der Waals surface area contributed by atoms with Crippen molar-refractivity contribution in [3.8, 4) is 0 Å². The molecule has 0 bridgehead atoms. The summed E-state index contributed by atoms with van der Waals surface area (Å²) in [6, 6.07) is 2.70. The lowest BCUT2D eigenvalue weighted by Crippen LogP contribution is -2.39. The first kappa shape index (κ1) is 13.2. The minimum atomic E-state index is 0.374. The molecule has 2 nitrogen and oxygen atoms in total. The van der Waals surface area contributed by atoms with Gasteiger partial charge in [-0.1, -0.05) is 6.92 Å². The second kappa shape index (κ2) is 6.10. The number of ether oxygens (including phenoxy) is 1. The van der Waals surface area contributed by atoms with Crippen LogP contribution in [0.1, 0.15) is 49.0 Å². The van der Waals surface area contributed by atoms with Crippen LogP contribution in [0.25, 0.3) is 0 Å². The normalized spacial score (nSPS) is 24.3. The molecule has 1 aliphatic carbocycles. The number of nitrogens with one attached hydrogen (secondary N) is 1. The Labute approximate surface area is 119 Å². The van der Waals surface area contributed by atoms with Crippen molar-refractivity contribution in [1.29, 1.82) is 0 Å². The molecule has 2 heterocycles. The van der Waals surface area contributed by atoms with Crippen LogP contribution >= 0.6 is 11.3 Å². The first-order valence-corrected chi connectivity index (χ1v) is 8.40. The van der Waals surface area contributed by atoms with E-state index in [4.69, 9.17) is 4.74 Å². The van der Waals surface area contributed by atoms with Crippen LogP contribution in [0, 0.1) is 0 Å². The zero-order valence-corrected chi connectivity index (χ0v) is 12.5. The molecule has 0 amide bonds. The third-order valence-corrected chi connectivity index (χ3v) is 5.19. The molecule has 3 rings (SSSR count). The topological polar surface area (TPSA) is 21.3 Å². The summed E-state index contributed by atoms with van der Waals surface area (Å²) in [5.41, 5.74) is 1.57. The van der Waals surface area contributed by atoms with E-state index in [1.807, 2.05) is 11.3 Å². The number of fused-ring (bicyclic) bond motifs is 1. The number of rotatable bonds is 4. The molecule has 0 spiro atoms. The molecular formula is C16H23NOS. The number of hydrogen-bond acceptors (Lipinski definition) is 3. The Balaban J connectivity index is 1.87. The number of aryl methyl sites for hydroxylation is 1. The Morgan fingerprint density at radius 2 is 2.42 bits per heavy atom. The summed E-state index contributed by atoms with van der Waals surface area (Å²) in [5, 5.41) is 5.92. The zero-order valence-electron chi connectivity index (χ0n) is 11.7. The highest BCUT2D eigenvalue weighted by Crippen LogP contribution is 2.39. The third-order valence-electron chi connectivity index (χ3n) is 4.19. The van der Waals surface area contributed by atoms with Crippen molar-refractivity contribution in [2.24, 2.45) is 0 Å². The number of hydrogen-bond donors (Lipinski definition) is 1. The average Bonchev–Trinajstić information content (AvgIpc) is 2.94. The van der Waals surface area contributed by atoms with E-state index in [1.54, 1.807) is 10.4 Å². The molecule has 2 aliphatic rings. The van der Waals surface area contributed by atoms with E-state index >= 15 is 0 Å². The van der Waals surface area contributed by atoms with E-state index in [0.717, 1.165) is 19.6 Å². The largest absolute Gasteiger partial charge is 0.497 e. The molecule has 0 saturated carbocycles. The summed E-state index contributed by atoms with van der Waals surface area (Å²) in [4.78, 5) is 1.59. The van der Waals surface area contributed by atoms with E-state index in [0.29, 0.717) is 12.0 Å². The molecule has 2 unspecified atom stereocenters. The Hall–Kier alpha value is -0.800. The first-order valence-electron chi connectivity index (χ1n) is 7.52. The van der Waals surface area contributed by atoms with E-state index in [2.05, 4.69) is 29.8 Å². The minimum Gasteiger partial charge on any atom is -0.497 e. The lowest BCUT2D eigenvalue weighted by molar-refractivity contribution is 0.158. The molecule has 0 saturated heterocycles. The van der Waals surface area contributed by atoms with Crippen molar-refractivity contribution in [3.63, 3.8) is 0 Å². The Bertz CT molecular complexity index is 451. The minimum absolute atomic E-state index is 0.374. The smallest absolute Gasteiger partial charge is 0.110 e. The maximum Gasteiger partial charge on any atom is 0.110 e. The van der Waals surface area contributed by atoms with Gasteiger partial charge in [-0.3, -0.25) is 0 Å². The Morgan fingerprint density at radius 3 is 3.21 bits per heavy atom. The van der Waals surface area contributed by atoms with Crippen molar-refractivity contribution < 1.29 is 4.74 Å². The SMILES string of the molecule is CCNC(C1=CCCCO1)C1CCCc2sccc21. The average molecular weight is 277 g/mol. The van der Waals surface area contributed by atoms with Crippen LogP contribution in [0.5, 0.6) is 0 Å². The standard InChI is InChI=1S/C16H23NOS/c1-2-17-16(14-7-3-4-10-18-14)13-6-5-8-15-12(13)9-11-19-15/h7,9,11,13,16-17H,2-6,8,10H2,1H3. The van der Waals surface area contributed by atoms with E-state index in [-0.39, 0.29) is 0 Å². The molecular weight excluding hydrogens is 254 g/mol. The third kappa shape index (κ3) is 2.72. The molecule has 104 valence electrons. The van der Waals surface area contributed by atoms with Crippen LogP contribution < -0.4 is 5.32 Å². The first-order chi connectivity index (χ1) is 9.40. The van der Waals surface area contributed by atoms with Crippen LogP contribution in [-0.2, 0) is 11.2 Å². The van der Waals surface area contributed by atoms with Gasteiger partial charge in [0.2, 0.25) is 0 Å². The van der Waals surface area contributed by atoms with Crippen molar-refractivity contribution in [1.82, 2.24) is 5.32 Å². The van der Waals surface area contributed by atoms with E-state index in [1.165, 1.54) is 31.4 Å². The van der Waals surface area contributed by atoms with Crippen LogP contribution in [0.4, 0.5) is 0 Å². The monoisotopic (exact) mass is 277 g/mol. The summed E-state index contributed by atoms with van der Waals surface area (Å²) in [7, 11) is 0. The highest BCUT2D eigenvalue weighted by Gasteiger charge is 2.31. The molecule has 1 aromatic heterocycles. The fraction of sp³-hybridized carbons (Fsp3) is 0.625. The van der Waals surface area contributed by atoms with Crippen molar-refractivity contribution in [3.05, 3.63) is 33.7 Å². The van der Waals surface area contributed by atoms with E-state index < -0.39 is 0 Å². The van der Waals surface area contributed by atoms with Crippen LogP contribution in [0.15, 0.2) is 23.3 Å². The highest BCUT2D eigenvalue weighted by atomic mass is 32.1. The molecule has 3 heteroatoms. The lowest BCUT2D eigenvalue weighted by atomic mass is 9.81. The fourth-order valence-electron chi connectivity index (χ4n) is 3.32. The second-order valence-corrected chi connectivity index (χ2v) is 6.43. The second-order valence-electron chi connectivity index (χ2n) is 5.43. The van der Waals surface area contributed by atoms with Gasteiger partial charge < -0.3 is 10.1 Å². The highest BCUT2D eigenvalue weighted by molar-refractivity contribution is 7.10. The summed E-state index contributed by atoms with van der Waals surface area (Å²) in [5.74, 6) is 1.79. The van der Waals surface area contributed by atoms with Gasteiger partial charge in [0.25, 0.3) is 0 Å². The predicted molar refractivity (Wildman–Crippen MR) is 80.7 cm³/mol. The van der Waals surface area contributed by atoms with Crippen LogP contribution in [0.3, 0.4) is 0 Å². The fourth-order valence-corrected chi connectivity index (χ4v) is 4.32. The predicted octanol–water partition coefficient (Wildman–Crippen LogP) is 3.84. The van der Waals surface area contributed by atoms with Gasteiger partial charge in [0.15, 0.2) is 0 Å². The van der Waals surface area contributed by atoms with Gasteiger partial charge in [-0.25, -0.2) is 0 Å². The van der Waals surface area contributed by atoms with E-state index in [9.17, 15) is 0 Å². The number of allylic oxidation sites excluding steroid dienone is 1. The molecule has 1 N–H and O–H groups in total. The van der Waals surface area contributed by atoms with Crippen molar-refractivity contribution in [2.75, 3.05) is 13.2 Å². The van der Waals surface area contributed by atoms with Gasteiger partial charge in [-0.05, 0) is 61.7 Å². The Kier molecular flexibility index (Phi) is 4.24. The summed E-state index contributed by atoms with van der Waals surface area (Å²) in [6.07, 6.45) is 8.49. The summed E-state index contributed by atoms with van der Waals surface area (Å²) in [6.45, 7) is 4.08. The van der Waals surface area contributed by atoms with Gasteiger partial charge in [-0.2, -0.15) is 0 Å². The van der Waals surface area contributed by atoms with Crippen molar-refractivity contribution in [2.45, 2.75) is 51.0 Å². The molecule has 2 atom stereocenters.